The van der Waals surface area contributed by atoms with Gasteiger partial charge < -0.3 is 14.4 Å². The van der Waals surface area contributed by atoms with Crippen LogP contribution in [0.2, 0.25) is 0 Å². The zero-order valence-corrected chi connectivity index (χ0v) is 16.0. The number of hydrogen-bond donors (Lipinski definition) is 0. The fourth-order valence-electron chi connectivity index (χ4n) is 3.09. The molecule has 0 radical (unpaired) electrons. The number of ether oxygens (including phenoxy) is 2. The van der Waals surface area contributed by atoms with Gasteiger partial charge in [0.05, 0.1) is 18.6 Å². The zero-order chi connectivity index (χ0) is 19.2. The van der Waals surface area contributed by atoms with E-state index in [0.29, 0.717) is 32.5 Å². The highest BCUT2D eigenvalue weighted by Gasteiger charge is 2.44. The number of likely N-dealkylation sites (tertiary alicyclic amines) is 1. The molecular formula is C21H29NO4. The molecule has 26 heavy (non-hydrogen) atoms. The number of ketones is 1. The molecule has 5 heteroatoms. The van der Waals surface area contributed by atoms with Crippen LogP contribution < -0.4 is 0 Å². The third-order valence-electron chi connectivity index (χ3n) is 4.37. The lowest BCUT2D eigenvalue weighted by atomic mass is 9.76. The van der Waals surface area contributed by atoms with Crippen molar-refractivity contribution in [2.75, 3.05) is 19.7 Å². The fraction of sp³-hybridized carbons (Fsp3) is 0.524. The minimum atomic E-state index is -0.758. The van der Waals surface area contributed by atoms with Gasteiger partial charge in [0.15, 0.2) is 0 Å². The van der Waals surface area contributed by atoms with E-state index >= 15 is 0 Å². The van der Waals surface area contributed by atoms with Crippen molar-refractivity contribution >= 4 is 11.9 Å². The van der Waals surface area contributed by atoms with Crippen molar-refractivity contribution in [3.63, 3.8) is 0 Å². The topological polar surface area (TPSA) is 55.8 Å². The minimum Gasteiger partial charge on any atom is -0.444 e. The predicted molar refractivity (Wildman–Crippen MR) is 101 cm³/mol. The van der Waals surface area contributed by atoms with E-state index in [4.69, 9.17) is 9.47 Å². The first-order valence-electron chi connectivity index (χ1n) is 8.99. The molecule has 1 aliphatic rings. The van der Waals surface area contributed by atoms with Gasteiger partial charge in [0.2, 0.25) is 0 Å². The predicted octanol–water partition coefficient (Wildman–Crippen LogP) is 3.98. The second-order valence-corrected chi connectivity index (χ2v) is 7.83. The van der Waals surface area contributed by atoms with Gasteiger partial charge in [-0.3, -0.25) is 4.79 Å². The number of rotatable bonds is 6. The van der Waals surface area contributed by atoms with Gasteiger partial charge >= 0.3 is 6.09 Å². The van der Waals surface area contributed by atoms with Crippen molar-refractivity contribution in [2.45, 2.75) is 45.8 Å². The monoisotopic (exact) mass is 359 g/mol. The lowest BCUT2D eigenvalue weighted by Crippen LogP contribution is -2.54. The highest BCUT2D eigenvalue weighted by Crippen LogP contribution is 2.32. The number of carbonyl (C=O) groups is 2. The van der Waals surface area contributed by atoms with Crippen LogP contribution in [0.25, 0.3) is 0 Å². The SMILES string of the molecule is C=CC[C@]1(COCc2ccccc2)CN(C(=O)OC(C)(C)C)CCC1=O. The van der Waals surface area contributed by atoms with E-state index in [0.717, 1.165) is 5.56 Å². The van der Waals surface area contributed by atoms with Gasteiger partial charge in [0.1, 0.15) is 11.4 Å². The summed E-state index contributed by atoms with van der Waals surface area (Å²) in [6.45, 7) is 10.6. The number of nitrogens with zero attached hydrogens (tertiary/aromatic N) is 1. The molecule has 0 unspecified atom stereocenters. The maximum absolute atomic E-state index is 12.7. The maximum atomic E-state index is 12.7. The molecule has 1 aromatic carbocycles. The van der Waals surface area contributed by atoms with E-state index in [2.05, 4.69) is 6.58 Å². The van der Waals surface area contributed by atoms with E-state index in [1.807, 2.05) is 51.1 Å². The third kappa shape index (κ3) is 5.43. The number of benzene rings is 1. The molecule has 0 aromatic heterocycles. The van der Waals surface area contributed by atoms with Crippen molar-refractivity contribution in [3.05, 3.63) is 48.6 Å². The van der Waals surface area contributed by atoms with Crippen LogP contribution >= 0.6 is 0 Å². The summed E-state index contributed by atoms with van der Waals surface area (Å²) in [6.07, 6.45) is 2.12. The molecular weight excluding hydrogens is 330 g/mol. The van der Waals surface area contributed by atoms with Crippen LogP contribution in [0.15, 0.2) is 43.0 Å². The van der Waals surface area contributed by atoms with Crippen LogP contribution in [-0.4, -0.2) is 42.1 Å². The zero-order valence-electron chi connectivity index (χ0n) is 16.0. The largest absolute Gasteiger partial charge is 0.444 e. The van der Waals surface area contributed by atoms with E-state index in [-0.39, 0.29) is 18.5 Å². The summed E-state index contributed by atoms with van der Waals surface area (Å²) in [5.41, 5.74) is -0.275. The van der Waals surface area contributed by atoms with Crippen LogP contribution in [0.1, 0.15) is 39.2 Å². The van der Waals surface area contributed by atoms with Crippen LogP contribution in [0.5, 0.6) is 0 Å². The average molecular weight is 359 g/mol. The smallest absolute Gasteiger partial charge is 0.410 e. The molecule has 5 nitrogen and oxygen atoms in total. The summed E-state index contributed by atoms with van der Waals surface area (Å²) in [6, 6.07) is 9.82. The molecule has 1 heterocycles. The number of amides is 1. The summed E-state index contributed by atoms with van der Waals surface area (Å²) < 4.78 is 11.3. The molecule has 0 spiro atoms. The van der Waals surface area contributed by atoms with Gasteiger partial charge in [0, 0.05) is 19.5 Å². The Kier molecular flexibility index (Phi) is 6.59. The number of piperidine rings is 1. The van der Waals surface area contributed by atoms with Crippen LogP contribution in [-0.2, 0) is 20.9 Å². The van der Waals surface area contributed by atoms with Crippen molar-refractivity contribution in [2.24, 2.45) is 5.41 Å². The van der Waals surface area contributed by atoms with Crippen LogP contribution in [0.3, 0.4) is 0 Å². The van der Waals surface area contributed by atoms with Gasteiger partial charge in [-0.05, 0) is 32.8 Å². The number of allylic oxidation sites excluding steroid dienone is 1. The standard InChI is InChI=1S/C21H29NO4/c1-5-12-21(16-25-14-17-9-7-6-8-10-17)15-22(13-11-18(21)23)19(24)26-20(2,3)4/h5-10H,1,11-16H2,2-4H3/t21-/m1/s1. The van der Waals surface area contributed by atoms with Gasteiger partial charge in [-0.1, -0.05) is 36.4 Å². The van der Waals surface area contributed by atoms with Crippen LogP contribution in [0, 0.1) is 5.41 Å². The van der Waals surface area contributed by atoms with Crippen molar-refractivity contribution in [1.82, 2.24) is 4.90 Å². The quantitative estimate of drug-likeness (QED) is 0.721. The molecule has 1 aliphatic heterocycles. The highest BCUT2D eigenvalue weighted by molar-refractivity contribution is 5.88. The van der Waals surface area contributed by atoms with Gasteiger partial charge in [-0.2, -0.15) is 0 Å². The summed E-state index contributed by atoms with van der Waals surface area (Å²) in [5, 5.41) is 0. The van der Waals surface area contributed by atoms with Gasteiger partial charge in [-0.25, -0.2) is 4.79 Å². The Bertz CT molecular complexity index is 635. The van der Waals surface area contributed by atoms with Crippen molar-refractivity contribution in [1.29, 1.82) is 0 Å². The van der Waals surface area contributed by atoms with Crippen molar-refractivity contribution < 1.29 is 19.1 Å². The molecule has 2 rings (SSSR count). The fourth-order valence-corrected chi connectivity index (χ4v) is 3.09. The first kappa shape index (κ1) is 20.2. The maximum Gasteiger partial charge on any atom is 0.410 e. The molecule has 142 valence electrons. The normalized spacial score (nSPS) is 20.7. The highest BCUT2D eigenvalue weighted by atomic mass is 16.6. The summed E-state index contributed by atoms with van der Waals surface area (Å²) >= 11 is 0. The van der Waals surface area contributed by atoms with Gasteiger partial charge in [-0.15, -0.1) is 6.58 Å². The number of hydrogen-bond acceptors (Lipinski definition) is 4. The minimum absolute atomic E-state index is 0.116. The molecule has 1 amide bonds. The lowest BCUT2D eigenvalue weighted by Gasteiger charge is -2.41. The third-order valence-corrected chi connectivity index (χ3v) is 4.37. The summed E-state index contributed by atoms with van der Waals surface area (Å²) in [7, 11) is 0. The summed E-state index contributed by atoms with van der Waals surface area (Å²) in [4.78, 5) is 26.7. The Balaban J connectivity index is 2.06. The van der Waals surface area contributed by atoms with E-state index < -0.39 is 11.0 Å². The number of Topliss-reactive ketones (excluding diaryl/α,β-unsaturated/α-hetero) is 1. The molecule has 1 fully saturated rings. The lowest BCUT2D eigenvalue weighted by molar-refractivity contribution is -0.138. The second-order valence-electron chi connectivity index (χ2n) is 7.83. The molecule has 0 bridgehead atoms. The second kappa shape index (κ2) is 8.49. The molecule has 0 saturated carbocycles. The van der Waals surface area contributed by atoms with Crippen molar-refractivity contribution in [3.8, 4) is 0 Å². The Hall–Kier alpha value is -2.14. The van der Waals surface area contributed by atoms with Gasteiger partial charge in [0.25, 0.3) is 0 Å². The Morgan fingerprint density at radius 2 is 2.00 bits per heavy atom. The molecule has 1 aromatic rings. The molecule has 0 aliphatic carbocycles. The molecule has 0 N–H and O–H groups in total. The van der Waals surface area contributed by atoms with E-state index in [9.17, 15) is 9.59 Å². The first-order chi connectivity index (χ1) is 12.3. The Morgan fingerprint density at radius 3 is 2.62 bits per heavy atom. The number of carbonyl (C=O) groups excluding carboxylic acids is 2. The molecule has 1 saturated heterocycles. The first-order valence-corrected chi connectivity index (χ1v) is 8.99. The van der Waals surface area contributed by atoms with E-state index in [1.54, 1.807) is 11.0 Å². The van der Waals surface area contributed by atoms with Crippen LogP contribution in [0.4, 0.5) is 4.79 Å². The van der Waals surface area contributed by atoms with E-state index in [1.165, 1.54) is 0 Å². The average Bonchev–Trinajstić information content (AvgIpc) is 2.57. The molecule has 1 atom stereocenters. The Morgan fingerprint density at radius 1 is 1.31 bits per heavy atom. The Labute approximate surface area is 156 Å². The summed E-state index contributed by atoms with van der Waals surface area (Å²) in [5.74, 6) is 0.116.